The van der Waals surface area contributed by atoms with Crippen molar-refractivity contribution < 1.29 is 52.6 Å². The molecule has 3 fully saturated rings. The molecule has 0 aliphatic carbocycles. The molecule has 3 saturated heterocycles. The van der Waals surface area contributed by atoms with Gasteiger partial charge in [-0.3, -0.25) is 24.6 Å². The summed E-state index contributed by atoms with van der Waals surface area (Å²) in [5.41, 5.74) is -2.14. The first-order valence-electron chi connectivity index (χ1n) is 14.4. The predicted octanol–water partition coefficient (Wildman–Crippen LogP) is 1.74. The molecule has 19 heteroatoms. The zero-order chi connectivity index (χ0) is 34.5. The average molecular weight is 697 g/mol. The maximum absolute atomic E-state index is 13.6. The number of thiazole rings is 1. The predicted molar refractivity (Wildman–Crippen MR) is 167 cm³/mol. The number of amides is 4. The van der Waals surface area contributed by atoms with E-state index in [1.165, 1.54) is 24.3 Å². The number of esters is 2. The van der Waals surface area contributed by atoms with Gasteiger partial charge in [-0.2, -0.15) is 0 Å². The molecule has 4 rings (SSSR count). The van der Waals surface area contributed by atoms with Gasteiger partial charge in [0.15, 0.2) is 10.8 Å². The molecule has 0 radical (unpaired) electrons. The van der Waals surface area contributed by atoms with Crippen LogP contribution in [-0.2, 0) is 43.0 Å². The highest BCUT2D eigenvalue weighted by Gasteiger charge is 2.71. The van der Waals surface area contributed by atoms with Crippen LogP contribution in [0, 0.1) is 5.92 Å². The number of fused-ring (bicyclic) bond motifs is 3. The number of hydrogen-bond acceptors (Lipinski definition) is 15. The van der Waals surface area contributed by atoms with Crippen LogP contribution in [0.3, 0.4) is 0 Å². The Bertz CT molecular complexity index is 1480. The quantitative estimate of drug-likeness (QED) is 0.0573. The van der Waals surface area contributed by atoms with Crippen LogP contribution in [-0.4, -0.2) is 107 Å². The molecular weight excluding hydrogens is 660 g/mol. The van der Waals surface area contributed by atoms with Crippen LogP contribution in [0.4, 0.5) is 14.7 Å². The molecule has 0 unspecified atom stereocenters. The summed E-state index contributed by atoms with van der Waals surface area (Å²) < 4.78 is 20.7. The van der Waals surface area contributed by atoms with E-state index in [9.17, 15) is 28.8 Å². The number of alkyl carbamates (subject to hydrolysis) is 1. The number of carbonyl (C=O) groups is 6. The Morgan fingerprint density at radius 2 is 1.96 bits per heavy atom. The molecule has 1 aromatic rings. The van der Waals surface area contributed by atoms with E-state index in [0.29, 0.717) is 0 Å². The molecule has 1 aromatic heterocycles. The van der Waals surface area contributed by atoms with Crippen molar-refractivity contribution >= 4 is 69.9 Å². The van der Waals surface area contributed by atoms with Crippen molar-refractivity contribution in [2.24, 2.45) is 11.1 Å². The third kappa shape index (κ3) is 8.13. The van der Waals surface area contributed by atoms with E-state index >= 15 is 0 Å². The monoisotopic (exact) mass is 696 g/mol. The number of nitrogens with one attached hydrogen (secondary N) is 3. The molecule has 3 aliphatic rings. The van der Waals surface area contributed by atoms with Crippen LogP contribution in [0.15, 0.2) is 22.2 Å². The number of thioether (sulfide) groups is 1. The summed E-state index contributed by atoms with van der Waals surface area (Å²) in [4.78, 5) is 87.0. The van der Waals surface area contributed by atoms with Crippen LogP contribution in [0.1, 0.15) is 46.7 Å². The zero-order valence-corrected chi connectivity index (χ0v) is 28.2. The normalized spacial score (nSPS) is 23.2. The number of nitrogens with zero attached hydrogens (tertiary/aromatic N) is 3. The van der Waals surface area contributed by atoms with Gasteiger partial charge in [-0.25, -0.2) is 19.4 Å². The number of hydrogen-bond donors (Lipinski definition) is 3. The lowest BCUT2D eigenvalue weighted by atomic mass is 9.89. The minimum Gasteiger partial charge on any atom is -0.457 e. The molecule has 3 aliphatic heterocycles. The van der Waals surface area contributed by atoms with E-state index in [0.717, 1.165) is 21.8 Å². The fourth-order valence-electron chi connectivity index (χ4n) is 4.71. The summed E-state index contributed by atoms with van der Waals surface area (Å²) >= 11 is 2.27. The van der Waals surface area contributed by atoms with Gasteiger partial charge in [0.1, 0.15) is 35.9 Å². The van der Waals surface area contributed by atoms with Crippen molar-refractivity contribution in [3.05, 3.63) is 22.7 Å². The second-order valence-electron chi connectivity index (χ2n) is 11.7. The van der Waals surface area contributed by atoms with Crippen molar-refractivity contribution in [3.8, 4) is 0 Å². The van der Waals surface area contributed by atoms with Gasteiger partial charge >= 0.3 is 24.1 Å². The zero-order valence-electron chi connectivity index (χ0n) is 26.6. The Labute approximate surface area is 278 Å². The van der Waals surface area contributed by atoms with Crippen LogP contribution >= 0.6 is 23.1 Å². The van der Waals surface area contributed by atoms with Crippen LogP contribution in [0.25, 0.3) is 0 Å². The molecular formula is C28H36N6O11S2. The van der Waals surface area contributed by atoms with Gasteiger partial charge in [-0.15, -0.1) is 23.1 Å². The van der Waals surface area contributed by atoms with Crippen molar-refractivity contribution in [3.63, 3.8) is 0 Å². The van der Waals surface area contributed by atoms with Crippen molar-refractivity contribution in [2.45, 2.75) is 63.8 Å². The Kier molecular flexibility index (Phi) is 11.0. The fourth-order valence-corrected chi connectivity index (χ4v) is 6.95. The first-order chi connectivity index (χ1) is 22.2. The molecule has 17 nitrogen and oxygen atoms in total. The maximum Gasteiger partial charge on any atom is 0.413 e. The van der Waals surface area contributed by atoms with Gasteiger partial charge in [0.05, 0.1) is 20.1 Å². The highest BCUT2D eigenvalue weighted by molar-refractivity contribution is 8.00. The summed E-state index contributed by atoms with van der Waals surface area (Å²) in [6.45, 7) is 8.52. The molecule has 47 heavy (non-hydrogen) atoms. The van der Waals surface area contributed by atoms with E-state index in [4.69, 9.17) is 19.0 Å². The lowest BCUT2D eigenvalue weighted by Crippen LogP contribution is -2.80. The van der Waals surface area contributed by atoms with E-state index in [-0.39, 0.29) is 48.5 Å². The van der Waals surface area contributed by atoms with Crippen molar-refractivity contribution in [1.29, 1.82) is 0 Å². The Morgan fingerprint density at radius 1 is 1.21 bits per heavy atom. The van der Waals surface area contributed by atoms with Crippen LogP contribution in [0.5, 0.6) is 0 Å². The summed E-state index contributed by atoms with van der Waals surface area (Å²) in [7, 11) is 1.20. The Balaban J connectivity index is 1.51. The number of carbonyl (C=O) groups excluding carboxylic acids is 6. The van der Waals surface area contributed by atoms with E-state index in [1.807, 2.05) is 13.8 Å². The number of rotatable bonds is 11. The van der Waals surface area contributed by atoms with Gasteiger partial charge in [0.25, 0.3) is 17.5 Å². The number of methoxy groups -OCH3 is 1. The standard InChI is InChI=1S/C28H36N6O11S2/c1-14(2)7-9-42-23(38)28-15(11-17(35)44-28)12-46-22-19(21(37)34(22)28)31-20(36)18(33-43-10-8-29-25(39)41-6)16-13-47-24(30-16)32-26(40)45-27(3,4)5/h7,13,15,19,22H,8-12H2,1-6H3,(H,29,39)(H,31,36)(H,30,32,40)/b33-18-/t15-,19+,22+,28+/m0/s1. The first-order valence-corrected chi connectivity index (χ1v) is 16.3. The molecule has 4 heterocycles. The number of oxime groups is 1. The maximum atomic E-state index is 13.6. The molecule has 0 saturated carbocycles. The number of aromatic nitrogens is 1. The third-order valence-corrected chi connectivity index (χ3v) is 8.94. The van der Waals surface area contributed by atoms with E-state index < -0.39 is 64.6 Å². The summed E-state index contributed by atoms with van der Waals surface area (Å²) in [6, 6.07) is -1.13. The minimum absolute atomic E-state index is 0.00326. The average Bonchev–Trinajstić information content (AvgIpc) is 3.58. The summed E-state index contributed by atoms with van der Waals surface area (Å²) in [5, 5.41) is 12.2. The molecule has 4 amide bonds. The number of β-lactam (4-membered cyclic amide) rings is 1. The van der Waals surface area contributed by atoms with Crippen LogP contribution in [0.2, 0.25) is 0 Å². The van der Waals surface area contributed by atoms with Crippen LogP contribution < -0.4 is 16.0 Å². The lowest BCUT2D eigenvalue weighted by Gasteiger charge is -2.56. The minimum atomic E-state index is -1.94. The Morgan fingerprint density at radius 3 is 2.64 bits per heavy atom. The number of anilines is 1. The molecule has 4 atom stereocenters. The topological polar surface area (TPSA) is 213 Å². The number of ether oxygens (including phenoxy) is 4. The van der Waals surface area contributed by atoms with Gasteiger partial charge in [0.2, 0.25) is 0 Å². The van der Waals surface area contributed by atoms with Gasteiger partial charge in [-0.1, -0.05) is 10.7 Å². The van der Waals surface area contributed by atoms with Crippen molar-refractivity contribution in [2.75, 3.05) is 37.9 Å². The molecule has 0 bridgehead atoms. The van der Waals surface area contributed by atoms with E-state index in [1.54, 1.807) is 26.8 Å². The smallest absolute Gasteiger partial charge is 0.413 e. The SMILES string of the molecule is COC(=O)NCCO/N=C(\C(=O)N[C@@H]1C(=O)N2[C@@H]1SC[C@@H]1CC(=O)O[C@@]12C(=O)OCC=C(C)C)c1csc(NC(=O)OC(C)(C)C)n1. The lowest BCUT2D eigenvalue weighted by molar-refractivity contribution is -0.218. The van der Waals surface area contributed by atoms with Crippen molar-refractivity contribution in [1.82, 2.24) is 20.5 Å². The second-order valence-corrected chi connectivity index (χ2v) is 13.7. The molecule has 0 aromatic carbocycles. The highest BCUT2D eigenvalue weighted by atomic mass is 32.2. The number of allylic oxidation sites excluding steroid dienone is 1. The summed E-state index contributed by atoms with van der Waals surface area (Å²) in [6.07, 6.45) is 0.151. The van der Waals surface area contributed by atoms with E-state index in [2.05, 4.69) is 30.8 Å². The van der Waals surface area contributed by atoms with Gasteiger partial charge in [0, 0.05) is 17.1 Å². The van der Waals surface area contributed by atoms with Gasteiger partial charge < -0.3 is 34.4 Å². The first kappa shape index (κ1) is 35.5. The third-order valence-electron chi connectivity index (χ3n) is 6.76. The second kappa shape index (κ2) is 14.6. The van der Waals surface area contributed by atoms with Gasteiger partial charge in [-0.05, 0) is 40.7 Å². The Hall–Kier alpha value is -4.39. The highest BCUT2D eigenvalue weighted by Crippen LogP contribution is 2.51. The molecule has 3 N–H and O–H groups in total. The molecule has 256 valence electrons. The fraction of sp³-hybridized carbons (Fsp3) is 0.571. The molecule has 0 spiro atoms. The summed E-state index contributed by atoms with van der Waals surface area (Å²) in [5.74, 6) is -3.37. The largest absolute Gasteiger partial charge is 0.457 e.